The summed E-state index contributed by atoms with van der Waals surface area (Å²) in [7, 11) is -6.97. The fourth-order valence-corrected chi connectivity index (χ4v) is 7.06. The van der Waals surface area contributed by atoms with Crippen LogP contribution in [0.25, 0.3) is 0 Å². The monoisotopic (exact) mass is 476 g/mol. The van der Waals surface area contributed by atoms with Crippen LogP contribution < -0.4 is 0 Å². The Morgan fingerprint density at radius 1 is 1.20 bits per heavy atom. The fraction of sp³-hybridized carbons (Fsp3) is 0.529. The van der Waals surface area contributed by atoms with Gasteiger partial charge in [0.2, 0.25) is 15.9 Å². The van der Waals surface area contributed by atoms with Crippen LogP contribution in [0.1, 0.15) is 18.2 Å². The van der Waals surface area contributed by atoms with E-state index >= 15 is 0 Å². The fourth-order valence-electron chi connectivity index (χ4n) is 3.66. The van der Waals surface area contributed by atoms with Crippen molar-refractivity contribution >= 4 is 32.1 Å². The van der Waals surface area contributed by atoms with Crippen LogP contribution in [-0.4, -0.2) is 73.5 Å². The van der Waals surface area contributed by atoms with Crippen LogP contribution in [0.4, 0.5) is 4.39 Å². The summed E-state index contributed by atoms with van der Waals surface area (Å²) in [4.78, 5) is 1.78. The Hall–Kier alpha value is -1.67. The van der Waals surface area contributed by atoms with Crippen molar-refractivity contribution in [1.29, 1.82) is 0 Å². The van der Waals surface area contributed by atoms with Gasteiger partial charge in [0.1, 0.15) is 10.7 Å². The topological polar surface area (TPSA) is 106 Å². The minimum absolute atomic E-state index is 0.00880. The predicted octanol–water partition coefficient (Wildman–Crippen LogP) is 1.21. The molecule has 2 fully saturated rings. The van der Waals surface area contributed by atoms with E-state index in [2.05, 4.69) is 5.10 Å². The molecular formula is C17H21FN4O5S3. The van der Waals surface area contributed by atoms with Crippen molar-refractivity contribution in [3.63, 3.8) is 0 Å². The van der Waals surface area contributed by atoms with Crippen LogP contribution in [0.2, 0.25) is 0 Å². The van der Waals surface area contributed by atoms with Crippen molar-refractivity contribution in [1.82, 2.24) is 19.0 Å². The summed E-state index contributed by atoms with van der Waals surface area (Å²) < 4.78 is 70.9. The highest BCUT2D eigenvalue weighted by molar-refractivity contribution is 7.91. The molecule has 2 aliphatic rings. The number of aromatic nitrogens is 2. The average molecular weight is 477 g/mol. The molecule has 0 amide bonds. The second kappa shape index (κ2) is 8.11. The molecule has 0 radical (unpaired) electrons. The molecule has 13 heteroatoms. The zero-order valence-corrected chi connectivity index (χ0v) is 18.4. The van der Waals surface area contributed by atoms with Gasteiger partial charge in [0.25, 0.3) is 4.84 Å². The lowest BCUT2D eigenvalue weighted by atomic mass is 10.1. The molecule has 30 heavy (non-hydrogen) atoms. The van der Waals surface area contributed by atoms with Gasteiger partial charge in [0.05, 0.1) is 24.1 Å². The third kappa shape index (κ3) is 4.35. The molecular weight excluding hydrogens is 455 g/mol. The lowest BCUT2D eigenvalue weighted by Crippen LogP contribution is -2.49. The summed E-state index contributed by atoms with van der Waals surface area (Å²) in [6.45, 7) is 1.53. The predicted molar refractivity (Wildman–Crippen MR) is 108 cm³/mol. The maximum atomic E-state index is 13.9. The third-order valence-electron chi connectivity index (χ3n) is 5.32. The quantitative estimate of drug-likeness (QED) is 0.593. The van der Waals surface area contributed by atoms with E-state index in [-0.39, 0.29) is 40.2 Å². The first-order chi connectivity index (χ1) is 14.2. The highest BCUT2D eigenvalue weighted by Crippen LogP contribution is 2.28. The number of nitrogens with zero attached hydrogens (tertiary/aromatic N) is 4. The van der Waals surface area contributed by atoms with E-state index in [9.17, 15) is 21.2 Å². The van der Waals surface area contributed by atoms with E-state index in [4.69, 9.17) is 16.6 Å². The van der Waals surface area contributed by atoms with Gasteiger partial charge in [-0.1, -0.05) is 12.1 Å². The van der Waals surface area contributed by atoms with Crippen molar-refractivity contribution in [2.45, 2.75) is 23.9 Å². The number of halogens is 1. The zero-order valence-electron chi connectivity index (χ0n) is 16.0. The van der Waals surface area contributed by atoms with Crippen molar-refractivity contribution in [2.24, 2.45) is 0 Å². The molecule has 9 nitrogen and oxygen atoms in total. The van der Waals surface area contributed by atoms with Gasteiger partial charge in [-0.2, -0.15) is 4.31 Å². The average Bonchev–Trinajstić information content (AvgIpc) is 3.24. The first-order valence-electron chi connectivity index (χ1n) is 9.41. The zero-order chi connectivity index (χ0) is 21.5. The number of sulfone groups is 1. The molecule has 0 N–H and O–H groups in total. The van der Waals surface area contributed by atoms with Gasteiger partial charge in [-0.05, 0) is 30.8 Å². The molecule has 1 aromatic carbocycles. The second-order valence-corrected chi connectivity index (χ2v) is 11.9. The maximum Gasteiger partial charge on any atom is 0.288 e. The number of hydrogen-bond acceptors (Lipinski definition) is 8. The molecule has 0 unspecified atom stereocenters. The first-order valence-corrected chi connectivity index (χ1v) is 13.1. The van der Waals surface area contributed by atoms with Crippen molar-refractivity contribution in [2.75, 3.05) is 37.7 Å². The minimum Gasteiger partial charge on any atom is -0.414 e. The van der Waals surface area contributed by atoms with Gasteiger partial charge in [-0.25, -0.2) is 25.9 Å². The highest BCUT2D eigenvalue weighted by atomic mass is 32.2. The number of sulfonamides is 1. The lowest BCUT2D eigenvalue weighted by molar-refractivity contribution is 0.143. The Balaban J connectivity index is 1.40. The summed E-state index contributed by atoms with van der Waals surface area (Å²) in [6.07, 6.45) is 0.462. The van der Waals surface area contributed by atoms with Gasteiger partial charge in [0, 0.05) is 26.2 Å². The molecule has 164 valence electrons. The Bertz CT molecular complexity index is 1200. The van der Waals surface area contributed by atoms with E-state index in [1.54, 1.807) is 0 Å². The van der Waals surface area contributed by atoms with E-state index in [0.29, 0.717) is 32.1 Å². The summed E-state index contributed by atoms with van der Waals surface area (Å²) in [6, 6.07) is 5.33. The van der Waals surface area contributed by atoms with Gasteiger partial charge in [-0.15, -0.1) is 5.10 Å². The molecule has 0 spiro atoms. The Labute approximate surface area is 179 Å². The molecule has 0 saturated carbocycles. The molecule has 0 aliphatic carbocycles. The molecule has 1 aromatic heterocycles. The number of hydrogen-bond donors (Lipinski definition) is 0. The molecule has 2 aromatic rings. The Morgan fingerprint density at radius 2 is 1.90 bits per heavy atom. The molecule has 0 bridgehead atoms. The normalized spacial score (nSPS) is 23.0. The van der Waals surface area contributed by atoms with Crippen LogP contribution in [0.5, 0.6) is 0 Å². The number of piperazine rings is 1. The van der Waals surface area contributed by atoms with Crippen molar-refractivity contribution in [3.05, 3.63) is 40.8 Å². The maximum absolute atomic E-state index is 13.9. The lowest BCUT2D eigenvalue weighted by Gasteiger charge is -2.33. The summed E-state index contributed by atoms with van der Waals surface area (Å²) in [5.41, 5.74) is 0. The largest absolute Gasteiger partial charge is 0.414 e. The second-order valence-electron chi connectivity index (χ2n) is 7.40. The van der Waals surface area contributed by atoms with Crippen LogP contribution in [0, 0.1) is 10.7 Å². The van der Waals surface area contributed by atoms with Gasteiger partial charge in [0.15, 0.2) is 9.84 Å². The molecule has 1 atom stereocenters. The summed E-state index contributed by atoms with van der Waals surface area (Å²) >= 11 is 5.20. The van der Waals surface area contributed by atoms with Gasteiger partial charge in [-0.3, -0.25) is 4.90 Å². The molecule has 2 aliphatic heterocycles. The van der Waals surface area contributed by atoms with Crippen molar-refractivity contribution in [3.8, 4) is 0 Å². The van der Waals surface area contributed by atoms with E-state index < -0.39 is 25.7 Å². The van der Waals surface area contributed by atoms with Crippen LogP contribution in [0.3, 0.4) is 0 Å². The van der Waals surface area contributed by atoms with Crippen LogP contribution in [-0.2, 0) is 26.5 Å². The third-order valence-corrected chi connectivity index (χ3v) is 9.32. The van der Waals surface area contributed by atoms with E-state index in [1.807, 2.05) is 4.90 Å². The smallest absolute Gasteiger partial charge is 0.288 e. The first kappa shape index (κ1) is 21.6. The minimum atomic E-state index is -3.90. The molecule has 2 saturated heterocycles. The molecule has 4 rings (SSSR count). The number of benzene rings is 1. The van der Waals surface area contributed by atoms with Crippen molar-refractivity contribution < 1.29 is 25.6 Å². The van der Waals surface area contributed by atoms with E-state index in [1.165, 1.54) is 27.2 Å². The van der Waals surface area contributed by atoms with Crippen LogP contribution in [0.15, 0.2) is 33.6 Å². The highest BCUT2D eigenvalue weighted by Gasteiger charge is 2.33. The van der Waals surface area contributed by atoms with E-state index in [0.717, 1.165) is 6.07 Å². The summed E-state index contributed by atoms with van der Waals surface area (Å²) in [5, 5.41) is 4.34. The molecule has 3 heterocycles. The summed E-state index contributed by atoms with van der Waals surface area (Å²) in [5.74, 6) is -0.613. The van der Waals surface area contributed by atoms with Gasteiger partial charge < -0.3 is 4.42 Å². The standard InChI is InChI=1S/C17H21FN4O5S3/c18-14-3-1-2-4-15(14)30(25,26)21-8-6-20(7-9-21)12-22-17(28)27-16(19-22)13-5-10-29(23,24)11-13/h1-4,13H,5-12H2/t13-/m1/s1. The Morgan fingerprint density at radius 3 is 2.53 bits per heavy atom. The SMILES string of the molecule is O=S1(=O)CC[C@@H](c2nn(CN3CCN(S(=O)(=O)c4ccccc4F)CC3)c(=S)o2)C1. The van der Waals surface area contributed by atoms with Gasteiger partial charge >= 0.3 is 0 Å². The number of rotatable bonds is 5. The Kier molecular flexibility index (Phi) is 5.83. The van der Waals surface area contributed by atoms with Crippen LogP contribution >= 0.6 is 12.2 Å².